The molecule has 0 nitrogen and oxygen atoms in total. The van der Waals surface area contributed by atoms with Crippen LogP contribution in [0.5, 0.6) is 0 Å². The second-order valence-electron chi connectivity index (χ2n) is 3.27. The highest BCUT2D eigenvalue weighted by Gasteiger charge is 2.05. The highest BCUT2D eigenvalue weighted by molar-refractivity contribution is 14.1. The first-order valence-electron chi connectivity index (χ1n) is 4.71. The van der Waals surface area contributed by atoms with Crippen molar-refractivity contribution in [2.45, 2.75) is 4.43 Å². The topological polar surface area (TPSA) is 0 Å². The molecule has 0 saturated heterocycles. The van der Waals surface area contributed by atoms with Gasteiger partial charge in [0.1, 0.15) is 0 Å². The predicted molar refractivity (Wildman–Crippen MR) is 74.6 cm³/mol. The molecular weight excluding hydrogens is 318 g/mol. The summed E-state index contributed by atoms with van der Waals surface area (Å²) in [6, 6.07) is 16.3. The van der Waals surface area contributed by atoms with E-state index in [1.54, 1.807) is 0 Å². The number of rotatable bonds is 2. The van der Waals surface area contributed by atoms with Gasteiger partial charge < -0.3 is 0 Å². The Balaban J connectivity index is 2.59. The maximum atomic E-state index is 6.19. The van der Waals surface area contributed by atoms with Gasteiger partial charge in [-0.25, -0.2) is 0 Å². The highest BCUT2D eigenvalue weighted by Crippen LogP contribution is 2.31. The van der Waals surface area contributed by atoms with E-state index in [9.17, 15) is 0 Å². The number of hydrogen-bond acceptors (Lipinski definition) is 0. The first-order chi connectivity index (χ1) is 7.33. The van der Waals surface area contributed by atoms with Crippen molar-refractivity contribution in [3.05, 3.63) is 59.1 Å². The average molecular weight is 329 g/mol. The normalized spacial score (nSPS) is 10.3. The molecule has 2 rings (SSSR count). The molecule has 0 fully saturated rings. The summed E-state index contributed by atoms with van der Waals surface area (Å²) in [6.07, 6.45) is 0. The second-order valence-corrected chi connectivity index (χ2v) is 4.44. The summed E-state index contributed by atoms with van der Waals surface area (Å²) in [4.78, 5) is 0. The number of hydrogen-bond donors (Lipinski definition) is 0. The summed E-state index contributed by atoms with van der Waals surface area (Å²) in [5, 5.41) is 0.815. The van der Waals surface area contributed by atoms with Crippen molar-refractivity contribution in [1.82, 2.24) is 0 Å². The van der Waals surface area contributed by atoms with Crippen LogP contribution in [0, 0.1) is 0 Å². The van der Waals surface area contributed by atoms with E-state index in [1.807, 2.05) is 18.2 Å². The van der Waals surface area contributed by atoms with Crippen LogP contribution in [0.2, 0.25) is 5.02 Å². The van der Waals surface area contributed by atoms with Gasteiger partial charge in [-0.3, -0.25) is 0 Å². The number of halogens is 2. The van der Waals surface area contributed by atoms with Gasteiger partial charge in [0.05, 0.1) is 0 Å². The van der Waals surface area contributed by atoms with Crippen LogP contribution in [0.3, 0.4) is 0 Å². The van der Waals surface area contributed by atoms with Crippen LogP contribution in [0.25, 0.3) is 11.1 Å². The molecule has 0 heterocycles. The Morgan fingerprint density at radius 2 is 1.47 bits per heavy atom. The summed E-state index contributed by atoms with van der Waals surface area (Å²) < 4.78 is 0.999. The molecule has 76 valence electrons. The molecule has 0 saturated carbocycles. The van der Waals surface area contributed by atoms with E-state index in [0.717, 1.165) is 15.0 Å². The first-order valence-corrected chi connectivity index (χ1v) is 6.62. The van der Waals surface area contributed by atoms with Crippen molar-refractivity contribution >= 4 is 34.2 Å². The summed E-state index contributed by atoms with van der Waals surface area (Å²) in [5.41, 5.74) is 3.68. The number of benzene rings is 2. The lowest BCUT2D eigenvalue weighted by atomic mass is 10.0. The van der Waals surface area contributed by atoms with Gasteiger partial charge in [0.15, 0.2) is 0 Å². The molecule has 2 aromatic carbocycles. The van der Waals surface area contributed by atoms with Gasteiger partial charge in [0, 0.05) is 15.0 Å². The molecule has 0 atom stereocenters. The van der Waals surface area contributed by atoms with Crippen LogP contribution in [-0.2, 0) is 4.43 Å². The lowest BCUT2D eigenvalue weighted by Gasteiger charge is -2.08. The fourth-order valence-corrected chi connectivity index (χ4v) is 2.48. The van der Waals surface area contributed by atoms with Gasteiger partial charge in [-0.15, -0.1) is 0 Å². The summed E-state index contributed by atoms with van der Waals surface area (Å²) >= 11 is 8.56. The smallest absolute Gasteiger partial charge is 0.0484 e. The average Bonchev–Trinajstić information content (AvgIpc) is 2.30. The molecule has 0 bridgehead atoms. The second kappa shape index (κ2) is 4.99. The lowest BCUT2D eigenvalue weighted by Crippen LogP contribution is -1.85. The quantitative estimate of drug-likeness (QED) is 0.541. The predicted octanol–water partition coefficient (Wildman–Crippen LogP) is 4.94. The van der Waals surface area contributed by atoms with Gasteiger partial charge in [-0.2, -0.15) is 0 Å². The molecule has 15 heavy (non-hydrogen) atoms. The molecule has 2 heteroatoms. The van der Waals surface area contributed by atoms with Crippen LogP contribution in [0.4, 0.5) is 0 Å². The minimum Gasteiger partial charge on any atom is -0.0837 e. The SMILES string of the molecule is Clc1ccccc1-c1ccccc1CI. The minimum atomic E-state index is 0.815. The monoisotopic (exact) mass is 328 g/mol. The molecule has 0 aromatic heterocycles. The van der Waals surface area contributed by atoms with E-state index in [2.05, 4.69) is 52.9 Å². The van der Waals surface area contributed by atoms with Crippen molar-refractivity contribution < 1.29 is 0 Å². The van der Waals surface area contributed by atoms with Crippen molar-refractivity contribution in [1.29, 1.82) is 0 Å². The third-order valence-electron chi connectivity index (χ3n) is 2.33. The van der Waals surface area contributed by atoms with Gasteiger partial charge in [0.25, 0.3) is 0 Å². The third kappa shape index (κ3) is 2.34. The van der Waals surface area contributed by atoms with Crippen molar-refractivity contribution in [2.75, 3.05) is 0 Å². The Labute approximate surface area is 108 Å². The molecule has 0 radical (unpaired) electrons. The zero-order valence-electron chi connectivity index (χ0n) is 8.08. The fraction of sp³-hybridized carbons (Fsp3) is 0.0769. The maximum absolute atomic E-state index is 6.19. The molecule has 2 aromatic rings. The van der Waals surface area contributed by atoms with E-state index in [-0.39, 0.29) is 0 Å². The van der Waals surface area contributed by atoms with Crippen LogP contribution in [0.15, 0.2) is 48.5 Å². The summed E-state index contributed by atoms with van der Waals surface area (Å²) in [6.45, 7) is 0. The summed E-state index contributed by atoms with van der Waals surface area (Å²) in [7, 11) is 0. The lowest BCUT2D eigenvalue weighted by molar-refractivity contribution is 1.44. The van der Waals surface area contributed by atoms with E-state index in [4.69, 9.17) is 11.6 Å². The number of alkyl halides is 1. The molecule has 0 amide bonds. The molecule has 0 aliphatic heterocycles. The van der Waals surface area contributed by atoms with Gasteiger partial charge >= 0.3 is 0 Å². The molecule has 0 aliphatic carbocycles. The molecule has 0 aliphatic rings. The van der Waals surface area contributed by atoms with Gasteiger partial charge in [0.2, 0.25) is 0 Å². The van der Waals surface area contributed by atoms with Gasteiger partial charge in [-0.1, -0.05) is 76.7 Å². The van der Waals surface area contributed by atoms with Gasteiger partial charge in [-0.05, 0) is 17.2 Å². The molecular formula is C13H10ClI. The standard InChI is InChI=1S/C13H10ClI/c14-13-8-4-3-7-12(13)11-6-2-1-5-10(11)9-15/h1-8H,9H2. The van der Waals surface area contributed by atoms with Crippen molar-refractivity contribution in [3.63, 3.8) is 0 Å². The Morgan fingerprint density at radius 1 is 0.867 bits per heavy atom. The first kappa shape index (κ1) is 11.0. The highest BCUT2D eigenvalue weighted by atomic mass is 127. The van der Waals surface area contributed by atoms with Crippen molar-refractivity contribution in [3.8, 4) is 11.1 Å². The van der Waals surface area contributed by atoms with E-state index < -0.39 is 0 Å². The minimum absolute atomic E-state index is 0.815. The van der Waals surface area contributed by atoms with Crippen LogP contribution < -0.4 is 0 Å². The zero-order valence-corrected chi connectivity index (χ0v) is 11.0. The Morgan fingerprint density at radius 3 is 2.13 bits per heavy atom. The largest absolute Gasteiger partial charge is 0.0837 e. The van der Waals surface area contributed by atoms with Crippen LogP contribution in [-0.4, -0.2) is 0 Å². The Bertz CT molecular complexity index is 466. The fourth-order valence-electron chi connectivity index (χ4n) is 1.58. The molecule has 0 N–H and O–H groups in total. The molecule has 0 unspecified atom stereocenters. The van der Waals surface area contributed by atoms with E-state index >= 15 is 0 Å². The Hall–Kier alpha value is -0.540. The third-order valence-corrected chi connectivity index (χ3v) is 3.48. The van der Waals surface area contributed by atoms with Crippen LogP contribution >= 0.6 is 34.2 Å². The van der Waals surface area contributed by atoms with E-state index in [1.165, 1.54) is 11.1 Å². The summed E-state index contributed by atoms with van der Waals surface area (Å²) in [5.74, 6) is 0. The van der Waals surface area contributed by atoms with Crippen molar-refractivity contribution in [2.24, 2.45) is 0 Å². The maximum Gasteiger partial charge on any atom is 0.0484 e. The molecule has 0 spiro atoms. The zero-order chi connectivity index (χ0) is 10.7. The Kier molecular flexibility index (Phi) is 3.65. The van der Waals surface area contributed by atoms with Crippen LogP contribution in [0.1, 0.15) is 5.56 Å². The van der Waals surface area contributed by atoms with E-state index in [0.29, 0.717) is 0 Å².